The van der Waals surface area contributed by atoms with E-state index in [4.69, 9.17) is 9.47 Å². The van der Waals surface area contributed by atoms with Gasteiger partial charge in [0.2, 0.25) is 0 Å². The number of aromatic nitrogens is 1. The van der Waals surface area contributed by atoms with E-state index in [1.54, 1.807) is 24.4 Å². The van der Waals surface area contributed by atoms with Gasteiger partial charge >= 0.3 is 0 Å². The number of rotatable bonds is 7. The summed E-state index contributed by atoms with van der Waals surface area (Å²) in [4.78, 5) is 16.5. The van der Waals surface area contributed by atoms with E-state index in [2.05, 4.69) is 4.98 Å². The van der Waals surface area contributed by atoms with Gasteiger partial charge in [-0.05, 0) is 44.2 Å². The van der Waals surface area contributed by atoms with Crippen LogP contribution in [0.3, 0.4) is 0 Å². The number of pyridine rings is 1. The molecule has 0 aliphatic rings. The number of nitrogens with zero attached hydrogens (tertiary/aromatic N) is 1. The van der Waals surface area contributed by atoms with Gasteiger partial charge in [-0.3, -0.25) is 9.78 Å². The molecular formula is C17H19NO3. The maximum atomic E-state index is 12.3. The molecule has 1 aromatic carbocycles. The average molecular weight is 285 g/mol. The van der Waals surface area contributed by atoms with Gasteiger partial charge in [0.05, 0.1) is 19.6 Å². The lowest BCUT2D eigenvalue weighted by Gasteiger charge is -2.12. The van der Waals surface area contributed by atoms with Crippen LogP contribution in [0.5, 0.6) is 11.5 Å². The minimum atomic E-state index is 0.0118. The van der Waals surface area contributed by atoms with E-state index in [0.29, 0.717) is 30.3 Å². The topological polar surface area (TPSA) is 48.4 Å². The van der Waals surface area contributed by atoms with Crippen molar-refractivity contribution in [3.8, 4) is 11.5 Å². The van der Waals surface area contributed by atoms with Crippen molar-refractivity contribution in [1.29, 1.82) is 0 Å². The molecule has 0 aliphatic carbocycles. The molecule has 110 valence electrons. The molecule has 0 saturated heterocycles. The van der Waals surface area contributed by atoms with Gasteiger partial charge in [0.1, 0.15) is 0 Å². The highest BCUT2D eigenvalue weighted by Crippen LogP contribution is 2.29. The van der Waals surface area contributed by atoms with Crippen LogP contribution in [0.4, 0.5) is 0 Å². The van der Waals surface area contributed by atoms with E-state index >= 15 is 0 Å². The van der Waals surface area contributed by atoms with Gasteiger partial charge in [-0.25, -0.2) is 0 Å². The van der Waals surface area contributed by atoms with E-state index in [0.717, 1.165) is 5.69 Å². The van der Waals surface area contributed by atoms with Crippen molar-refractivity contribution in [3.63, 3.8) is 0 Å². The summed E-state index contributed by atoms with van der Waals surface area (Å²) in [7, 11) is 0. The zero-order valence-corrected chi connectivity index (χ0v) is 12.3. The molecule has 2 rings (SSSR count). The molecule has 0 radical (unpaired) electrons. The van der Waals surface area contributed by atoms with Gasteiger partial charge in [0, 0.05) is 17.5 Å². The minimum Gasteiger partial charge on any atom is -0.490 e. The van der Waals surface area contributed by atoms with Gasteiger partial charge in [0.15, 0.2) is 17.3 Å². The van der Waals surface area contributed by atoms with Crippen LogP contribution in [0.25, 0.3) is 0 Å². The fourth-order valence-corrected chi connectivity index (χ4v) is 1.99. The molecule has 2 aromatic rings. The molecule has 0 spiro atoms. The lowest BCUT2D eigenvalue weighted by atomic mass is 10.1. The van der Waals surface area contributed by atoms with E-state index in [1.807, 2.05) is 32.0 Å². The molecule has 0 saturated carbocycles. The summed E-state index contributed by atoms with van der Waals surface area (Å²) in [5.74, 6) is 1.28. The fourth-order valence-electron chi connectivity index (χ4n) is 1.99. The quantitative estimate of drug-likeness (QED) is 0.732. The first-order valence-electron chi connectivity index (χ1n) is 7.07. The molecule has 4 nitrogen and oxygen atoms in total. The SMILES string of the molecule is CCOc1ccc(C(=O)Cc2ccccn2)cc1OCC. The Labute approximate surface area is 124 Å². The summed E-state index contributed by atoms with van der Waals surface area (Å²) in [5, 5.41) is 0. The lowest BCUT2D eigenvalue weighted by molar-refractivity contribution is 0.0991. The highest BCUT2D eigenvalue weighted by Gasteiger charge is 2.12. The van der Waals surface area contributed by atoms with Crippen LogP contribution in [-0.4, -0.2) is 24.0 Å². The summed E-state index contributed by atoms with van der Waals surface area (Å²) in [5.41, 5.74) is 1.36. The summed E-state index contributed by atoms with van der Waals surface area (Å²) >= 11 is 0. The van der Waals surface area contributed by atoms with Crippen molar-refractivity contribution in [2.45, 2.75) is 20.3 Å². The highest BCUT2D eigenvalue weighted by molar-refractivity contribution is 5.97. The lowest BCUT2D eigenvalue weighted by Crippen LogP contribution is -2.06. The van der Waals surface area contributed by atoms with Crippen molar-refractivity contribution >= 4 is 5.78 Å². The highest BCUT2D eigenvalue weighted by atomic mass is 16.5. The second-order valence-electron chi connectivity index (χ2n) is 4.45. The zero-order valence-electron chi connectivity index (χ0n) is 12.3. The molecule has 1 heterocycles. The van der Waals surface area contributed by atoms with Gasteiger partial charge in [-0.2, -0.15) is 0 Å². The van der Waals surface area contributed by atoms with E-state index in [-0.39, 0.29) is 12.2 Å². The molecule has 1 aromatic heterocycles. The van der Waals surface area contributed by atoms with E-state index in [1.165, 1.54) is 0 Å². The Morgan fingerprint density at radius 2 is 1.81 bits per heavy atom. The first-order valence-corrected chi connectivity index (χ1v) is 7.07. The number of ketones is 1. The summed E-state index contributed by atoms with van der Waals surface area (Å²) in [6.07, 6.45) is 1.97. The standard InChI is InChI=1S/C17H19NO3/c1-3-20-16-9-8-13(11-17(16)21-4-2)15(19)12-14-7-5-6-10-18-14/h5-11H,3-4,12H2,1-2H3. The minimum absolute atomic E-state index is 0.0118. The molecule has 0 aliphatic heterocycles. The summed E-state index contributed by atoms with van der Waals surface area (Å²) in [6.45, 7) is 4.90. The Hall–Kier alpha value is -2.36. The number of ether oxygens (including phenoxy) is 2. The largest absolute Gasteiger partial charge is 0.490 e. The van der Waals surface area contributed by atoms with Crippen molar-refractivity contribution in [2.75, 3.05) is 13.2 Å². The van der Waals surface area contributed by atoms with E-state index in [9.17, 15) is 4.79 Å². The summed E-state index contributed by atoms with van der Waals surface area (Å²) < 4.78 is 11.0. The predicted molar refractivity (Wildman–Crippen MR) is 81.1 cm³/mol. The second kappa shape index (κ2) is 7.43. The Bertz CT molecular complexity index is 596. The molecule has 0 unspecified atom stereocenters. The smallest absolute Gasteiger partial charge is 0.168 e. The molecule has 0 N–H and O–H groups in total. The number of Topliss-reactive ketones (excluding diaryl/α,β-unsaturated/α-hetero) is 1. The first-order chi connectivity index (χ1) is 10.2. The first kappa shape index (κ1) is 15.0. The van der Waals surface area contributed by atoms with Crippen LogP contribution in [-0.2, 0) is 6.42 Å². The monoisotopic (exact) mass is 285 g/mol. The molecule has 21 heavy (non-hydrogen) atoms. The second-order valence-corrected chi connectivity index (χ2v) is 4.45. The van der Waals surface area contributed by atoms with Crippen molar-refractivity contribution in [1.82, 2.24) is 4.98 Å². The van der Waals surface area contributed by atoms with Crippen molar-refractivity contribution < 1.29 is 14.3 Å². The maximum absolute atomic E-state index is 12.3. The Morgan fingerprint density at radius 1 is 1.05 bits per heavy atom. The van der Waals surface area contributed by atoms with Crippen LogP contribution in [0, 0.1) is 0 Å². The number of benzene rings is 1. The zero-order chi connectivity index (χ0) is 15.1. The maximum Gasteiger partial charge on any atom is 0.168 e. The average Bonchev–Trinajstić information content (AvgIpc) is 2.50. The molecule has 4 heteroatoms. The number of hydrogen-bond donors (Lipinski definition) is 0. The van der Waals surface area contributed by atoms with Crippen molar-refractivity contribution in [3.05, 3.63) is 53.9 Å². The summed E-state index contributed by atoms with van der Waals surface area (Å²) in [6, 6.07) is 10.8. The van der Waals surface area contributed by atoms with Crippen LogP contribution in [0.1, 0.15) is 29.9 Å². The Kier molecular flexibility index (Phi) is 5.32. The van der Waals surface area contributed by atoms with Gasteiger partial charge in [-0.15, -0.1) is 0 Å². The molecule has 0 atom stereocenters. The van der Waals surface area contributed by atoms with Gasteiger partial charge in [0.25, 0.3) is 0 Å². The Morgan fingerprint density at radius 3 is 2.48 bits per heavy atom. The van der Waals surface area contributed by atoms with Gasteiger partial charge < -0.3 is 9.47 Å². The molecule has 0 bridgehead atoms. The number of carbonyl (C=O) groups excluding carboxylic acids is 1. The van der Waals surface area contributed by atoms with Crippen LogP contribution in [0.2, 0.25) is 0 Å². The molecule has 0 amide bonds. The van der Waals surface area contributed by atoms with Crippen LogP contribution >= 0.6 is 0 Å². The number of hydrogen-bond acceptors (Lipinski definition) is 4. The third-order valence-electron chi connectivity index (χ3n) is 2.93. The van der Waals surface area contributed by atoms with Crippen molar-refractivity contribution in [2.24, 2.45) is 0 Å². The third kappa shape index (κ3) is 4.05. The Balaban J connectivity index is 2.19. The third-order valence-corrected chi connectivity index (χ3v) is 2.93. The fraction of sp³-hybridized carbons (Fsp3) is 0.294. The van der Waals surface area contributed by atoms with Gasteiger partial charge in [-0.1, -0.05) is 6.07 Å². The predicted octanol–water partition coefficient (Wildman–Crippen LogP) is 3.30. The molecule has 0 fully saturated rings. The van der Waals surface area contributed by atoms with Crippen LogP contribution < -0.4 is 9.47 Å². The normalized spacial score (nSPS) is 10.2. The van der Waals surface area contributed by atoms with Crippen LogP contribution in [0.15, 0.2) is 42.6 Å². The molecular weight excluding hydrogens is 266 g/mol. The van der Waals surface area contributed by atoms with E-state index < -0.39 is 0 Å². The number of carbonyl (C=O) groups is 1.